The number of ketones is 1. The largest absolute Gasteiger partial charge is 0.416 e. The summed E-state index contributed by atoms with van der Waals surface area (Å²) in [6, 6.07) is 9.20. The third-order valence-electron chi connectivity index (χ3n) is 8.49. The molecule has 3 N–H and O–H groups in total. The Morgan fingerprint density at radius 2 is 1.98 bits per heavy atom. The Kier molecular flexibility index (Phi) is 7.84. The molecule has 0 spiro atoms. The first-order chi connectivity index (χ1) is 19.2. The molecule has 4 atom stereocenters. The quantitative estimate of drug-likeness (QED) is 0.208. The predicted octanol–water partition coefficient (Wildman–Crippen LogP) is 4.88. The van der Waals surface area contributed by atoms with Crippen molar-refractivity contribution in [1.29, 1.82) is 0 Å². The van der Waals surface area contributed by atoms with Crippen LogP contribution in [0.2, 0.25) is 18.1 Å². The van der Waals surface area contributed by atoms with Crippen LogP contribution >= 0.6 is 0 Å². The fraction of sp³-hybridized carbons (Fsp3) is 0.533. The number of nitrogens with zero attached hydrogens (tertiary/aromatic N) is 4. The number of rotatable bonds is 9. The number of benzene rings is 1. The minimum Gasteiger partial charge on any atom is -0.416 e. The third-order valence-corrected chi connectivity index (χ3v) is 13.0. The Morgan fingerprint density at radius 1 is 1.22 bits per heavy atom. The molecule has 0 radical (unpaired) electrons. The van der Waals surface area contributed by atoms with E-state index >= 15 is 0 Å². The summed E-state index contributed by atoms with van der Waals surface area (Å²) in [5.74, 6) is -0.350. The molecular weight excluding hydrogens is 536 g/mol. The van der Waals surface area contributed by atoms with E-state index in [0.717, 1.165) is 12.0 Å². The predicted molar refractivity (Wildman–Crippen MR) is 160 cm³/mol. The lowest BCUT2D eigenvalue weighted by Crippen LogP contribution is -2.43. The maximum Gasteiger partial charge on any atom is 0.218 e. The number of anilines is 2. The highest BCUT2D eigenvalue weighted by atomic mass is 28.4. The van der Waals surface area contributed by atoms with E-state index in [1.807, 2.05) is 38.1 Å². The molecule has 10 nitrogen and oxygen atoms in total. The van der Waals surface area contributed by atoms with E-state index in [1.165, 1.54) is 12.5 Å². The molecule has 41 heavy (non-hydrogen) atoms. The molecule has 220 valence electrons. The van der Waals surface area contributed by atoms with Crippen LogP contribution in [-0.2, 0) is 20.4 Å². The number of aromatic nitrogens is 4. The molecular formula is C30H42N6O4Si. The standard InChI is InChI=1S/C30H42N6O4Si/c1-29(2,3)41(6,7)38-17-20-14-24(27-26(20)39-30(4,5)40-27)34-28-22(15-32-18-33-28)25(37)23-11-12-36(35-23)16-19-9-8-10-21(31)13-19/h8-13,15,18,20,24,26-27H,14,16-17,31H2,1-7H3,(H,32,33,34)/t20-,24-,26-,27+/m1/s1. The van der Waals surface area contributed by atoms with Crippen LogP contribution in [0.4, 0.5) is 11.5 Å². The zero-order chi connectivity index (χ0) is 29.6. The fourth-order valence-corrected chi connectivity index (χ4v) is 6.36. The lowest BCUT2D eigenvalue weighted by molar-refractivity contribution is -0.158. The molecule has 3 aromatic rings. The van der Waals surface area contributed by atoms with Gasteiger partial charge in [-0.05, 0) is 62.2 Å². The Morgan fingerprint density at radius 3 is 2.71 bits per heavy atom. The van der Waals surface area contributed by atoms with Crippen LogP contribution in [0.3, 0.4) is 0 Å². The molecule has 2 fully saturated rings. The Hall–Kier alpha value is -3.12. The van der Waals surface area contributed by atoms with Gasteiger partial charge in [-0.1, -0.05) is 32.9 Å². The third kappa shape index (κ3) is 6.38. The lowest BCUT2D eigenvalue weighted by atomic mass is 10.1. The summed E-state index contributed by atoms with van der Waals surface area (Å²) in [5, 5.41) is 8.15. The summed E-state index contributed by atoms with van der Waals surface area (Å²) < 4.78 is 21.0. The van der Waals surface area contributed by atoms with Crippen molar-refractivity contribution in [2.45, 2.75) is 89.8 Å². The Bertz CT molecular complexity index is 1400. The monoisotopic (exact) mass is 578 g/mol. The van der Waals surface area contributed by atoms with Gasteiger partial charge in [-0.2, -0.15) is 5.10 Å². The normalized spacial score (nSPS) is 23.9. The zero-order valence-corrected chi connectivity index (χ0v) is 26.0. The van der Waals surface area contributed by atoms with Crippen LogP contribution in [0.15, 0.2) is 49.1 Å². The molecule has 0 unspecified atom stereocenters. The van der Waals surface area contributed by atoms with Crippen LogP contribution < -0.4 is 11.1 Å². The van der Waals surface area contributed by atoms with Gasteiger partial charge in [0.2, 0.25) is 5.78 Å². The first kappa shape index (κ1) is 29.4. The van der Waals surface area contributed by atoms with Crippen molar-refractivity contribution < 1.29 is 18.7 Å². The van der Waals surface area contributed by atoms with Gasteiger partial charge >= 0.3 is 0 Å². The van der Waals surface area contributed by atoms with Crippen molar-refractivity contribution in [3.8, 4) is 0 Å². The smallest absolute Gasteiger partial charge is 0.218 e. The van der Waals surface area contributed by atoms with Crippen LogP contribution in [-0.4, -0.2) is 64.5 Å². The number of fused-ring (bicyclic) bond motifs is 1. The number of nitrogens with one attached hydrogen (secondary N) is 1. The van der Waals surface area contributed by atoms with Gasteiger partial charge in [0.05, 0.1) is 24.3 Å². The van der Waals surface area contributed by atoms with Gasteiger partial charge in [0, 0.05) is 30.6 Å². The highest BCUT2D eigenvalue weighted by Gasteiger charge is 2.54. The number of carbonyl (C=O) groups excluding carboxylic acids is 1. The SMILES string of the molecule is CC1(C)O[C@@H]2[C@@H](CO[Si](C)(C)C(C)(C)C)C[C@@H](Nc3ncncc3C(=O)c3ccn(Cc4cccc(N)c4)n3)[C@@H]2O1. The summed E-state index contributed by atoms with van der Waals surface area (Å²) in [4.78, 5) is 22.2. The van der Waals surface area contributed by atoms with E-state index in [-0.39, 0.29) is 35.0 Å². The molecule has 2 aromatic heterocycles. The number of hydrogen-bond acceptors (Lipinski definition) is 9. The summed E-state index contributed by atoms with van der Waals surface area (Å²) in [7, 11) is -1.93. The van der Waals surface area contributed by atoms with Crippen molar-refractivity contribution in [3.05, 3.63) is 65.9 Å². The first-order valence-electron chi connectivity index (χ1n) is 14.2. The summed E-state index contributed by atoms with van der Waals surface area (Å²) in [5.41, 5.74) is 8.27. The minimum absolute atomic E-state index is 0.114. The van der Waals surface area contributed by atoms with Gasteiger partial charge in [-0.25, -0.2) is 9.97 Å². The molecule has 0 amide bonds. The van der Waals surface area contributed by atoms with Gasteiger partial charge in [0.15, 0.2) is 14.1 Å². The number of hydrogen-bond donors (Lipinski definition) is 2. The van der Waals surface area contributed by atoms with E-state index in [9.17, 15) is 4.79 Å². The average molecular weight is 579 g/mol. The molecule has 1 aliphatic heterocycles. The van der Waals surface area contributed by atoms with Crippen LogP contribution in [0.5, 0.6) is 0 Å². The fourth-order valence-electron chi connectivity index (χ4n) is 5.30. The van der Waals surface area contributed by atoms with Crippen molar-refractivity contribution in [2.24, 2.45) is 5.92 Å². The highest BCUT2D eigenvalue weighted by molar-refractivity contribution is 6.74. The van der Waals surface area contributed by atoms with Crippen molar-refractivity contribution in [1.82, 2.24) is 19.7 Å². The van der Waals surface area contributed by atoms with E-state index in [1.54, 1.807) is 16.9 Å². The lowest BCUT2D eigenvalue weighted by Gasteiger charge is -2.37. The van der Waals surface area contributed by atoms with Crippen molar-refractivity contribution in [2.75, 3.05) is 17.7 Å². The molecule has 1 aromatic carbocycles. The molecule has 1 saturated carbocycles. The van der Waals surface area contributed by atoms with Gasteiger partial charge in [-0.15, -0.1) is 0 Å². The van der Waals surface area contributed by atoms with Gasteiger partial charge in [0.25, 0.3) is 0 Å². The second-order valence-electron chi connectivity index (χ2n) is 13.1. The second-order valence-corrected chi connectivity index (χ2v) is 17.9. The topological polar surface area (TPSA) is 126 Å². The molecule has 2 aliphatic rings. The van der Waals surface area contributed by atoms with Crippen LogP contribution in [0.1, 0.15) is 62.7 Å². The Balaban J connectivity index is 1.32. The maximum atomic E-state index is 13.6. The van der Waals surface area contributed by atoms with E-state index in [2.05, 4.69) is 54.2 Å². The van der Waals surface area contributed by atoms with E-state index in [4.69, 9.17) is 19.6 Å². The number of nitrogens with two attached hydrogens (primary N) is 1. The molecule has 1 aliphatic carbocycles. The zero-order valence-electron chi connectivity index (χ0n) is 25.0. The van der Waals surface area contributed by atoms with Crippen LogP contribution in [0, 0.1) is 5.92 Å². The van der Waals surface area contributed by atoms with E-state index in [0.29, 0.717) is 35.9 Å². The molecule has 5 rings (SSSR count). The second kappa shape index (κ2) is 10.9. The average Bonchev–Trinajstić information content (AvgIpc) is 3.56. The minimum atomic E-state index is -1.93. The highest BCUT2D eigenvalue weighted by Crippen LogP contribution is 2.44. The maximum absolute atomic E-state index is 13.6. The van der Waals surface area contributed by atoms with Crippen LogP contribution in [0.25, 0.3) is 0 Å². The molecule has 0 bridgehead atoms. The van der Waals surface area contributed by atoms with Crippen molar-refractivity contribution in [3.63, 3.8) is 0 Å². The molecule has 1 saturated heterocycles. The summed E-state index contributed by atoms with van der Waals surface area (Å²) in [6.45, 7) is 16.2. The van der Waals surface area contributed by atoms with Gasteiger partial charge in [-0.3, -0.25) is 9.48 Å². The number of nitrogen functional groups attached to an aromatic ring is 1. The molecule has 3 heterocycles. The number of carbonyl (C=O) groups is 1. The summed E-state index contributed by atoms with van der Waals surface area (Å²) >= 11 is 0. The number of ether oxygens (including phenoxy) is 2. The van der Waals surface area contributed by atoms with Crippen molar-refractivity contribution >= 4 is 25.6 Å². The first-order valence-corrected chi connectivity index (χ1v) is 17.1. The Labute approximate surface area is 243 Å². The summed E-state index contributed by atoms with van der Waals surface area (Å²) in [6.07, 6.45) is 5.22. The van der Waals surface area contributed by atoms with Gasteiger partial charge < -0.3 is 25.0 Å². The molecule has 11 heteroatoms. The van der Waals surface area contributed by atoms with Gasteiger partial charge in [0.1, 0.15) is 23.9 Å². The van der Waals surface area contributed by atoms with E-state index < -0.39 is 14.1 Å².